The Hall–Kier alpha value is -2.07. The predicted octanol–water partition coefficient (Wildman–Crippen LogP) is 4.34. The molecule has 0 aliphatic rings. The topological polar surface area (TPSA) is 29.5 Å². The van der Waals surface area contributed by atoms with Crippen molar-refractivity contribution < 1.29 is 13.9 Å². The van der Waals surface area contributed by atoms with E-state index in [0.717, 1.165) is 24.2 Å². The standard InChI is InChI=1S/C19H21ClFNO2/c1-22(19(23)14-15-4-8-17(21)9-5-15)12-2-3-13-24-18-10-6-16(20)7-11-18/h4-11H,2-3,12-14H2,1H3. The van der Waals surface area contributed by atoms with Crippen molar-refractivity contribution in [1.29, 1.82) is 0 Å². The molecular formula is C19H21ClFNO2. The Balaban J connectivity index is 1.63. The van der Waals surface area contributed by atoms with Crippen LogP contribution in [0.3, 0.4) is 0 Å². The number of hydrogen-bond acceptors (Lipinski definition) is 2. The molecule has 0 radical (unpaired) electrons. The number of rotatable bonds is 8. The highest BCUT2D eigenvalue weighted by Crippen LogP contribution is 2.15. The highest BCUT2D eigenvalue weighted by Gasteiger charge is 2.09. The predicted molar refractivity (Wildman–Crippen MR) is 93.9 cm³/mol. The van der Waals surface area contributed by atoms with E-state index in [2.05, 4.69) is 0 Å². The number of nitrogens with zero attached hydrogens (tertiary/aromatic N) is 1. The lowest BCUT2D eigenvalue weighted by atomic mass is 10.1. The van der Waals surface area contributed by atoms with Gasteiger partial charge in [-0.15, -0.1) is 0 Å². The Bertz CT molecular complexity index is 643. The van der Waals surface area contributed by atoms with Gasteiger partial charge in [0.15, 0.2) is 0 Å². The minimum absolute atomic E-state index is 0.0280. The Morgan fingerprint density at radius 1 is 1.08 bits per heavy atom. The van der Waals surface area contributed by atoms with Gasteiger partial charge in [0.05, 0.1) is 13.0 Å². The SMILES string of the molecule is CN(CCCCOc1ccc(Cl)cc1)C(=O)Cc1ccc(F)cc1. The quantitative estimate of drug-likeness (QED) is 0.663. The molecule has 0 aromatic heterocycles. The number of unbranched alkanes of at least 4 members (excludes halogenated alkanes) is 1. The van der Waals surface area contributed by atoms with E-state index < -0.39 is 0 Å². The van der Waals surface area contributed by atoms with Crippen molar-refractivity contribution in [2.45, 2.75) is 19.3 Å². The molecule has 0 aliphatic heterocycles. The molecule has 0 fully saturated rings. The second-order valence-corrected chi connectivity index (χ2v) is 6.06. The van der Waals surface area contributed by atoms with E-state index in [-0.39, 0.29) is 18.1 Å². The fourth-order valence-corrected chi connectivity index (χ4v) is 2.33. The maximum Gasteiger partial charge on any atom is 0.226 e. The first-order valence-corrected chi connectivity index (χ1v) is 8.29. The molecule has 0 unspecified atom stereocenters. The highest BCUT2D eigenvalue weighted by atomic mass is 35.5. The van der Waals surface area contributed by atoms with Crippen LogP contribution >= 0.6 is 11.6 Å². The Morgan fingerprint density at radius 3 is 2.42 bits per heavy atom. The zero-order chi connectivity index (χ0) is 17.4. The van der Waals surface area contributed by atoms with E-state index in [1.54, 1.807) is 36.2 Å². The zero-order valence-corrected chi connectivity index (χ0v) is 14.4. The molecule has 2 aromatic carbocycles. The number of halogens is 2. The number of amides is 1. The number of ether oxygens (including phenoxy) is 1. The molecule has 3 nitrogen and oxygen atoms in total. The van der Waals surface area contributed by atoms with Crippen LogP contribution in [0.5, 0.6) is 5.75 Å². The molecule has 24 heavy (non-hydrogen) atoms. The monoisotopic (exact) mass is 349 g/mol. The summed E-state index contributed by atoms with van der Waals surface area (Å²) in [6.07, 6.45) is 2.01. The molecule has 0 saturated heterocycles. The largest absolute Gasteiger partial charge is 0.494 e. The lowest BCUT2D eigenvalue weighted by molar-refractivity contribution is -0.129. The number of benzene rings is 2. The van der Waals surface area contributed by atoms with Crippen molar-refractivity contribution >= 4 is 17.5 Å². The molecule has 1 amide bonds. The smallest absolute Gasteiger partial charge is 0.226 e. The van der Waals surface area contributed by atoms with E-state index in [1.807, 2.05) is 12.1 Å². The molecule has 128 valence electrons. The van der Waals surface area contributed by atoms with Crippen molar-refractivity contribution in [1.82, 2.24) is 4.90 Å². The highest BCUT2D eigenvalue weighted by molar-refractivity contribution is 6.30. The minimum Gasteiger partial charge on any atom is -0.494 e. The fourth-order valence-electron chi connectivity index (χ4n) is 2.21. The lowest BCUT2D eigenvalue weighted by Gasteiger charge is -2.17. The molecule has 0 spiro atoms. The first-order valence-electron chi connectivity index (χ1n) is 7.91. The Labute approximate surface area is 147 Å². The molecule has 0 aliphatic carbocycles. The van der Waals surface area contributed by atoms with E-state index in [9.17, 15) is 9.18 Å². The van der Waals surface area contributed by atoms with Crippen molar-refractivity contribution in [3.05, 3.63) is 64.9 Å². The van der Waals surface area contributed by atoms with Crippen LogP contribution in [-0.4, -0.2) is 31.0 Å². The average molecular weight is 350 g/mol. The molecule has 0 bridgehead atoms. The van der Waals surface area contributed by atoms with Crippen molar-refractivity contribution in [2.75, 3.05) is 20.2 Å². The number of hydrogen-bond donors (Lipinski definition) is 0. The maximum atomic E-state index is 12.9. The van der Waals surface area contributed by atoms with E-state index in [1.165, 1.54) is 12.1 Å². The van der Waals surface area contributed by atoms with Gasteiger partial charge in [-0.25, -0.2) is 4.39 Å². The van der Waals surface area contributed by atoms with Gasteiger partial charge < -0.3 is 9.64 Å². The zero-order valence-electron chi connectivity index (χ0n) is 13.7. The maximum absolute atomic E-state index is 12.9. The van der Waals surface area contributed by atoms with Crippen LogP contribution in [0.4, 0.5) is 4.39 Å². The minimum atomic E-state index is -0.291. The van der Waals surface area contributed by atoms with Gasteiger partial charge in [0, 0.05) is 18.6 Å². The molecular weight excluding hydrogens is 329 g/mol. The lowest BCUT2D eigenvalue weighted by Crippen LogP contribution is -2.29. The third kappa shape index (κ3) is 6.20. The van der Waals surface area contributed by atoms with Crippen LogP contribution in [0.1, 0.15) is 18.4 Å². The molecule has 0 heterocycles. The summed E-state index contributed by atoms with van der Waals surface area (Å²) >= 11 is 5.81. The van der Waals surface area contributed by atoms with Crippen LogP contribution in [0, 0.1) is 5.82 Å². The first-order chi connectivity index (χ1) is 11.5. The van der Waals surface area contributed by atoms with Gasteiger partial charge >= 0.3 is 0 Å². The van der Waals surface area contributed by atoms with Crippen molar-refractivity contribution in [3.8, 4) is 5.75 Å². The Morgan fingerprint density at radius 2 is 1.75 bits per heavy atom. The summed E-state index contributed by atoms with van der Waals surface area (Å²) < 4.78 is 18.5. The number of carbonyl (C=O) groups excluding carboxylic acids is 1. The second kappa shape index (κ2) is 9.28. The summed E-state index contributed by atoms with van der Waals surface area (Å²) in [5, 5.41) is 0.684. The molecule has 5 heteroatoms. The number of likely N-dealkylation sites (N-methyl/N-ethyl adjacent to an activating group) is 1. The van der Waals surface area contributed by atoms with Gasteiger partial charge in [0.25, 0.3) is 0 Å². The summed E-state index contributed by atoms with van der Waals surface area (Å²) in [6.45, 7) is 1.27. The molecule has 2 aromatic rings. The van der Waals surface area contributed by atoms with Crippen LogP contribution in [0.2, 0.25) is 5.02 Å². The summed E-state index contributed by atoms with van der Waals surface area (Å²) in [7, 11) is 1.78. The summed E-state index contributed by atoms with van der Waals surface area (Å²) in [5.41, 5.74) is 0.819. The third-order valence-corrected chi connectivity index (χ3v) is 3.92. The van der Waals surface area contributed by atoms with Gasteiger partial charge in [-0.05, 0) is 54.8 Å². The fraction of sp³-hybridized carbons (Fsp3) is 0.316. The van der Waals surface area contributed by atoms with Crippen molar-refractivity contribution in [2.24, 2.45) is 0 Å². The van der Waals surface area contributed by atoms with E-state index in [4.69, 9.17) is 16.3 Å². The van der Waals surface area contributed by atoms with Crippen LogP contribution in [0.15, 0.2) is 48.5 Å². The van der Waals surface area contributed by atoms with Gasteiger partial charge in [0.1, 0.15) is 11.6 Å². The third-order valence-electron chi connectivity index (χ3n) is 3.66. The van der Waals surface area contributed by atoms with E-state index >= 15 is 0 Å². The van der Waals surface area contributed by atoms with Crippen molar-refractivity contribution in [3.63, 3.8) is 0 Å². The normalized spacial score (nSPS) is 10.5. The second-order valence-electron chi connectivity index (χ2n) is 5.63. The number of carbonyl (C=O) groups is 1. The van der Waals surface area contributed by atoms with Gasteiger partial charge in [-0.3, -0.25) is 4.79 Å². The van der Waals surface area contributed by atoms with Gasteiger partial charge in [-0.2, -0.15) is 0 Å². The van der Waals surface area contributed by atoms with E-state index in [0.29, 0.717) is 18.2 Å². The molecule has 0 atom stereocenters. The summed E-state index contributed by atoms with van der Waals surface area (Å²) in [4.78, 5) is 13.8. The van der Waals surface area contributed by atoms with Gasteiger partial charge in [-0.1, -0.05) is 23.7 Å². The summed E-state index contributed by atoms with van der Waals surface area (Å²) in [6, 6.07) is 13.3. The molecule has 0 N–H and O–H groups in total. The van der Waals surface area contributed by atoms with Crippen LogP contribution < -0.4 is 4.74 Å². The first kappa shape index (κ1) is 18.3. The molecule has 0 saturated carbocycles. The summed E-state index contributed by atoms with van der Waals surface area (Å²) in [5.74, 6) is 0.528. The Kier molecular flexibility index (Phi) is 7.07. The van der Waals surface area contributed by atoms with Gasteiger partial charge in [0.2, 0.25) is 5.91 Å². The molecule has 2 rings (SSSR count). The average Bonchev–Trinajstić information content (AvgIpc) is 2.58. The van der Waals surface area contributed by atoms with Crippen LogP contribution in [-0.2, 0) is 11.2 Å². The van der Waals surface area contributed by atoms with Crippen LogP contribution in [0.25, 0.3) is 0 Å².